The van der Waals surface area contributed by atoms with Gasteiger partial charge in [-0.2, -0.15) is 0 Å². The van der Waals surface area contributed by atoms with Gasteiger partial charge in [-0.05, 0) is 37.0 Å². The molecule has 2 atom stereocenters. The minimum atomic E-state index is -0.417. The third-order valence-corrected chi connectivity index (χ3v) is 4.95. The molecule has 7 nitrogen and oxygen atoms in total. The molecule has 3 aliphatic heterocycles. The molecule has 0 radical (unpaired) electrons. The Hall–Kier alpha value is -2.28. The average Bonchev–Trinajstić information content (AvgIpc) is 3.35. The Bertz CT molecular complexity index is 671. The van der Waals surface area contributed by atoms with Crippen LogP contribution in [0.4, 0.5) is 0 Å². The summed E-state index contributed by atoms with van der Waals surface area (Å²) in [5, 5.41) is 2.94. The second-order valence-electron chi connectivity index (χ2n) is 6.64. The first-order chi connectivity index (χ1) is 12.2. The maximum absolute atomic E-state index is 12.5. The number of rotatable bonds is 5. The maximum Gasteiger partial charge on any atom is 0.242 e. The van der Waals surface area contributed by atoms with Gasteiger partial charge in [0.15, 0.2) is 11.5 Å². The van der Waals surface area contributed by atoms with Gasteiger partial charge in [-0.3, -0.25) is 9.59 Å². The fraction of sp³-hybridized carbons (Fsp3) is 0.556. The number of benzene rings is 1. The molecule has 0 unspecified atom stereocenters. The Balaban J connectivity index is 1.40. The Labute approximate surface area is 146 Å². The molecule has 2 amide bonds. The van der Waals surface area contributed by atoms with Gasteiger partial charge in [0, 0.05) is 26.1 Å². The van der Waals surface area contributed by atoms with Crippen LogP contribution >= 0.6 is 0 Å². The number of hydrogen-bond donors (Lipinski definition) is 1. The van der Waals surface area contributed by atoms with E-state index in [9.17, 15) is 9.59 Å². The fourth-order valence-corrected chi connectivity index (χ4v) is 3.58. The molecule has 0 bridgehead atoms. The van der Waals surface area contributed by atoms with E-state index in [2.05, 4.69) is 5.32 Å². The maximum atomic E-state index is 12.5. The number of nitrogens with zero attached hydrogens (tertiary/aromatic N) is 1. The number of carbonyl (C=O) groups excluding carboxylic acids is 2. The summed E-state index contributed by atoms with van der Waals surface area (Å²) in [7, 11) is 0. The van der Waals surface area contributed by atoms with Gasteiger partial charge in [0.25, 0.3) is 0 Å². The Morgan fingerprint density at radius 1 is 1.24 bits per heavy atom. The SMILES string of the molecule is O=C(NC[C@@H]1CCCO1)[C@@H]1CCC(=O)N1Cc1ccc2c(c1)OCO2. The van der Waals surface area contributed by atoms with E-state index in [0.717, 1.165) is 25.0 Å². The van der Waals surface area contributed by atoms with Crippen molar-refractivity contribution in [2.45, 2.75) is 44.4 Å². The summed E-state index contributed by atoms with van der Waals surface area (Å²) >= 11 is 0. The molecule has 3 aliphatic rings. The lowest BCUT2D eigenvalue weighted by atomic mass is 10.1. The molecule has 0 aliphatic carbocycles. The number of ether oxygens (including phenoxy) is 3. The van der Waals surface area contributed by atoms with Crippen molar-refractivity contribution < 1.29 is 23.8 Å². The van der Waals surface area contributed by atoms with Crippen LogP contribution in [0.1, 0.15) is 31.2 Å². The number of carbonyl (C=O) groups is 2. The summed E-state index contributed by atoms with van der Waals surface area (Å²) in [5.41, 5.74) is 0.927. The third-order valence-electron chi connectivity index (χ3n) is 4.95. The first kappa shape index (κ1) is 16.2. The molecule has 4 rings (SSSR count). The molecule has 3 heterocycles. The minimum Gasteiger partial charge on any atom is -0.454 e. The van der Waals surface area contributed by atoms with Gasteiger partial charge < -0.3 is 24.4 Å². The number of nitrogens with one attached hydrogen (secondary N) is 1. The predicted molar refractivity (Wildman–Crippen MR) is 88.1 cm³/mol. The quantitative estimate of drug-likeness (QED) is 0.867. The van der Waals surface area contributed by atoms with E-state index < -0.39 is 6.04 Å². The van der Waals surface area contributed by atoms with Crippen molar-refractivity contribution in [2.24, 2.45) is 0 Å². The molecule has 0 aromatic heterocycles. The van der Waals surface area contributed by atoms with Crippen LogP contribution in [0.5, 0.6) is 11.5 Å². The number of amides is 2. The van der Waals surface area contributed by atoms with Crippen molar-refractivity contribution in [3.05, 3.63) is 23.8 Å². The van der Waals surface area contributed by atoms with Gasteiger partial charge in [-0.25, -0.2) is 0 Å². The van der Waals surface area contributed by atoms with E-state index in [4.69, 9.17) is 14.2 Å². The van der Waals surface area contributed by atoms with Crippen LogP contribution in [-0.2, 0) is 20.9 Å². The van der Waals surface area contributed by atoms with Gasteiger partial charge in [0.05, 0.1) is 6.10 Å². The monoisotopic (exact) mass is 346 g/mol. The van der Waals surface area contributed by atoms with Gasteiger partial charge in [-0.15, -0.1) is 0 Å². The van der Waals surface area contributed by atoms with Crippen molar-refractivity contribution in [3.63, 3.8) is 0 Å². The summed E-state index contributed by atoms with van der Waals surface area (Å²) < 4.78 is 16.2. The van der Waals surface area contributed by atoms with E-state index in [0.29, 0.717) is 37.4 Å². The van der Waals surface area contributed by atoms with Crippen LogP contribution in [0, 0.1) is 0 Å². The van der Waals surface area contributed by atoms with Crippen molar-refractivity contribution in [2.75, 3.05) is 19.9 Å². The topological polar surface area (TPSA) is 77.1 Å². The summed E-state index contributed by atoms with van der Waals surface area (Å²) in [4.78, 5) is 26.4. The molecule has 1 N–H and O–H groups in total. The zero-order valence-corrected chi connectivity index (χ0v) is 14.0. The van der Waals surface area contributed by atoms with Crippen LogP contribution in [-0.4, -0.2) is 48.8 Å². The van der Waals surface area contributed by atoms with Gasteiger partial charge in [0.1, 0.15) is 6.04 Å². The van der Waals surface area contributed by atoms with Crippen LogP contribution in [0.3, 0.4) is 0 Å². The highest BCUT2D eigenvalue weighted by Gasteiger charge is 2.36. The molecule has 2 saturated heterocycles. The molecule has 2 fully saturated rings. The molecule has 1 aromatic rings. The van der Waals surface area contributed by atoms with Crippen LogP contribution < -0.4 is 14.8 Å². The molecular weight excluding hydrogens is 324 g/mol. The predicted octanol–water partition coefficient (Wildman–Crippen LogP) is 1.20. The van der Waals surface area contributed by atoms with Crippen LogP contribution in [0.2, 0.25) is 0 Å². The summed E-state index contributed by atoms with van der Waals surface area (Å²) in [6.07, 6.45) is 3.08. The second-order valence-corrected chi connectivity index (χ2v) is 6.64. The Morgan fingerprint density at radius 3 is 2.96 bits per heavy atom. The van der Waals surface area contributed by atoms with E-state index in [1.165, 1.54) is 0 Å². The first-order valence-electron chi connectivity index (χ1n) is 8.78. The van der Waals surface area contributed by atoms with Crippen molar-refractivity contribution in [1.29, 1.82) is 0 Å². The molecule has 0 saturated carbocycles. The molecular formula is C18H22N2O5. The average molecular weight is 346 g/mol. The standard InChI is InChI=1S/C18H22N2O5/c21-17-6-4-14(18(22)19-9-13-2-1-7-23-13)20(17)10-12-3-5-15-16(8-12)25-11-24-15/h3,5,8,13-14H,1-2,4,6-7,9-11H2,(H,19,22)/t13-,14-/m0/s1. The van der Waals surface area contributed by atoms with E-state index in [-0.39, 0.29) is 24.7 Å². The highest BCUT2D eigenvalue weighted by molar-refractivity contribution is 5.90. The zero-order chi connectivity index (χ0) is 17.2. The normalized spacial score (nSPS) is 24.8. The highest BCUT2D eigenvalue weighted by Crippen LogP contribution is 2.33. The first-order valence-corrected chi connectivity index (χ1v) is 8.78. The number of likely N-dealkylation sites (tertiary alicyclic amines) is 1. The molecule has 0 spiro atoms. The molecule has 25 heavy (non-hydrogen) atoms. The van der Waals surface area contributed by atoms with E-state index >= 15 is 0 Å². The summed E-state index contributed by atoms with van der Waals surface area (Å²) in [6.45, 7) is 1.89. The third kappa shape index (κ3) is 3.42. The lowest BCUT2D eigenvalue weighted by Crippen LogP contribution is -2.46. The minimum absolute atomic E-state index is 0.00920. The van der Waals surface area contributed by atoms with E-state index in [1.54, 1.807) is 4.90 Å². The summed E-state index contributed by atoms with van der Waals surface area (Å²) in [5.74, 6) is 1.31. The van der Waals surface area contributed by atoms with Crippen molar-refractivity contribution in [1.82, 2.24) is 10.2 Å². The van der Waals surface area contributed by atoms with Crippen LogP contribution in [0.15, 0.2) is 18.2 Å². The zero-order valence-electron chi connectivity index (χ0n) is 14.0. The number of fused-ring (bicyclic) bond motifs is 1. The van der Waals surface area contributed by atoms with Gasteiger partial charge >= 0.3 is 0 Å². The smallest absolute Gasteiger partial charge is 0.242 e. The van der Waals surface area contributed by atoms with Crippen molar-refractivity contribution in [3.8, 4) is 11.5 Å². The lowest BCUT2D eigenvalue weighted by molar-refractivity contribution is -0.136. The van der Waals surface area contributed by atoms with Crippen LogP contribution in [0.25, 0.3) is 0 Å². The number of hydrogen-bond acceptors (Lipinski definition) is 5. The largest absolute Gasteiger partial charge is 0.454 e. The fourth-order valence-electron chi connectivity index (χ4n) is 3.58. The van der Waals surface area contributed by atoms with Gasteiger partial charge in [0.2, 0.25) is 18.6 Å². The second kappa shape index (κ2) is 6.92. The molecule has 1 aromatic carbocycles. The molecule has 7 heteroatoms. The van der Waals surface area contributed by atoms with E-state index in [1.807, 2.05) is 18.2 Å². The Morgan fingerprint density at radius 2 is 2.12 bits per heavy atom. The molecule has 134 valence electrons. The van der Waals surface area contributed by atoms with Crippen molar-refractivity contribution >= 4 is 11.8 Å². The Kier molecular flexibility index (Phi) is 4.48. The lowest BCUT2D eigenvalue weighted by Gasteiger charge is -2.24. The highest BCUT2D eigenvalue weighted by atomic mass is 16.7. The van der Waals surface area contributed by atoms with Gasteiger partial charge in [-0.1, -0.05) is 6.07 Å². The summed E-state index contributed by atoms with van der Waals surface area (Å²) in [6, 6.07) is 5.19.